The lowest BCUT2D eigenvalue weighted by Crippen LogP contribution is -2.11. The fraction of sp³-hybridized carbons (Fsp3) is 0.0769. The molecular formula is C26H20N6OS2. The van der Waals surface area contributed by atoms with Crippen molar-refractivity contribution in [2.45, 2.75) is 13.3 Å². The van der Waals surface area contributed by atoms with E-state index in [1.165, 1.54) is 16.9 Å². The van der Waals surface area contributed by atoms with Crippen LogP contribution in [-0.4, -0.2) is 15.9 Å². The number of thiophene rings is 1. The highest BCUT2D eigenvalue weighted by atomic mass is 32.1. The molecule has 0 spiro atoms. The van der Waals surface area contributed by atoms with Gasteiger partial charge in [0, 0.05) is 21.9 Å². The Morgan fingerprint density at radius 2 is 1.80 bits per heavy atom. The molecule has 0 bridgehead atoms. The number of aromatic nitrogens is 2. The molecule has 0 fully saturated rings. The lowest BCUT2D eigenvalue weighted by atomic mass is 9.96. The second-order valence-electron chi connectivity index (χ2n) is 7.79. The highest BCUT2D eigenvalue weighted by Crippen LogP contribution is 2.43. The number of hydrogen-bond acceptors (Lipinski definition) is 8. The molecule has 0 aliphatic carbocycles. The molecule has 0 aliphatic rings. The lowest BCUT2D eigenvalue weighted by molar-refractivity contribution is 0.103. The number of rotatable bonds is 5. The van der Waals surface area contributed by atoms with Crippen LogP contribution in [0.15, 0.2) is 60.0 Å². The maximum atomic E-state index is 13.2. The lowest BCUT2D eigenvalue weighted by Gasteiger charge is -2.10. The number of nitrogens with zero attached hydrogens (tertiary/aromatic N) is 3. The summed E-state index contributed by atoms with van der Waals surface area (Å²) in [4.78, 5) is 22.9. The van der Waals surface area contributed by atoms with E-state index in [1.54, 1.807) is 0 Å². The van der Waals surface area contributed by atoms with Crippen LogP contribution in [0.3, 0.4) is 0 Å². The normalized spacial score (nSPS) is 10.9. The first kappa shape index (κ1) is 22.5. The molecule has 0 atom stereocenters. The number of nitrogens with one attached hydrogen (secondary N) is 1. The van der Waals surface area contributed by atoms with Crippen LogP contribution in [0, 0.1) is 11.3 Å². The Hall–Kier alpha value is -4.26. The molecule has 7 nitrogen and oxygen atoms in total. The van der Waals surface area contributed by atoms with E-state index < -0.39 is 0 Å². The minimum Gasteiger partial charge on any atom is -0.397 e. The average molecular weight is 497 g/mol. The molecular weight excluding hydrogens is 476 g/mol. The summed E-state index contributed by atoms with van der Waals surface area (Å²) in [6.07, 6.45) is 0.896. The number of pyridine rings is 1. The molecule has 0 radical (unpaired) electrons. The van der Waals surface area contributed by atoms with Crippen LogP contribution >= 0.6 is 22.7 Å². The van der Waals surface area contributed by atoms with Gasteiger partial charge < -0.3 is 11.5 Å². The number of amides is 1. The van der Waals surface area contributed by atoms with Crippen molar-refractivity contribution in [3.63, 3.8) is 0 Å². The van der Waals surface area contributed by atoms with Gasteiger partial charge in [-0.2, -0.15) is 5.26 Å². The Bertz CT molecular complexity index is 1600. The van der Waals surface area contributed by atoms with Gasteiger partial charge in [0.2, 0.25) is 0 Å². The van der Waals surface area contributed by atoms with Gasteiger partial charge in [-0.15, -0.1) is 22.7 Å². The van der Waals surface area contributed by atoms with E-state index >= 15 is 0 Å². The summed E-state index contributed by atoms with van der Waals surface area (Å²) >= 11 is 2.48. The van der Waals surface area contributed by atoms with E-state index in [1.807, 2.05) is 60.0 Å². The number of anilines is 3. The number of carbonyl (C=O) groups is 1. The zero-order valence-electron chi connectivity index (χ0n) is 18.7. The van der Waals surface area contributed by atoms with E-state index in [2.05, 4.69) is 28.3 Å². The van der Waals surface area contributed by atoms with Crippen molar-refractivity contribution in [1.82, 2.24) is 9.97 Å². The van der Waals surface area contributed by atoms with E-state index in [0.717, 1.165) is 34.6 Å². The maximum Gasteiger partial charge on any atom is 0.269 e. The number of fused-ring (bicyclic) bond motifs is 1. The number of nitriles is 1. The SMILES string of the molecule is CCc1ccc(-c2c(C#N)c(N)nc3sc(C(=O)Nc4nc(-c5ccccc5)cs4)c(N)c23)cc1. The first-order valence-corrected chi connectivity index (χ1v) is 12.5. The number of benzene rings is 2. The summed E-state index contributed by atoms with van der Waals surface area (Å²) in [7, 11) is 0. The number of aryl methyl sites for hydroxylation is 1. The molecule has 0 unspecified atom stereocenters. The number of nitrogen functional groups attached to an aromatic ring is 2. The van der Waals surface area contributed by atoms with Gasteiger partial charge in [0.05, 0.1) is 11.4 Å². The van der Waals surface area contributed by atoms with Crippen molar-refractivity contribution in [3.05, 3.63) is 76.0 Å². The molecule has 0 saturated carbocycles. The largest absolute Gasteiger partial charge is 0.397 e. The summed E-state index contributed by atoms with van der Waals surface area (Å²) in [5.41, 5.74) is 17.4. The van der Waals surface area contributed by atoms with Gasteiger partial charge in [0.25, 0.3) is 5.91 Å². The Kier molecular flexibility index (Phi) is 5.91. The summed E-state index contributed by atoms with van der Waals surface area (Å²) in [6, 6.07) is 19.8. The van der Waals surface area contributed by atoms with Crippen molar-refractivity contribution in [3.8, 4) is 28.5 Å². The Balaban J connectivity index is 1.56. The quantitative estimate of drug-likeness (QED) is 0.276. The topological polar surface area (TPSA) is 131 Å². The van der Waals surface area contributed by atoms with E-state index in [4.69, 9.17) is 11.5 Å². The van der Waals surface area contributed by atoms with Gasteiger partial charge in [0.1, 0.15) is 27.2 Å². The standard InChI is InChI=1S/C26H20N6OS2/c1-2-14-8-10-16(11-9-14)19-17(12-27)23(29)31-25-20(19)21(28)22(35-25)24(33)32-26-30-18(13-34-26)15-6-4-3-5-7-15/h3-11,13H,2,28H2,1H3,(H2,29,31)(H,30,32,33). The summed E-state index contributed by atoms with van der Waals surface area (Å²) in [6.45, 7) is 2.07. The molecule has 35 heavy (non-hydrogen) atoms. The number of hydrogen-bond donors (Lipinski definition) is 3. The molecule has 3 heterocycles. The van der Waals surface area contributed by atoms with E-state index in [9.17, 15) is 10.1 Å². The molecule has 1 amide bonds. The first-order valence-electron chi connectivity index (χ1n) is 10.8. The Labute approximate surface area is 209 Å². The van der Waals surface area contributed by atoms with Crippen molar-refractivity contribution in [2.24, 2.45) is 0 Å². The van der Waals surface area contributed by atoms with E-state index in [0.29, 0.717) is 25.8 Å². The van der Waals surface area contributed by atoms with Crippen molar-refractivity contribution in [2.75, 3.05) is 16.8 Å². The molecule has 2 aromatic carbocycles. The molecule has 0 aliphatic heterocycles. The number of thiazole rings is 1. The average Bonchev–Trinajstić information content (AvgIpc) is 3.48. The zero-order chi connectivity index (χ0) is 24.5. The van der Waals surface area contributed by atoms with Crippen LogP contribution in [0.25, 0.3) is 32.6 Å². The predicted octanol–water partition coefficient (Wildman–Crippen LogP) is 5.94. The monoisotopic (exact) mass is 496 g/mol. The van der Waals surface area contributed by atoms with E-state index in [-0.39, 0.29) is 23.0 Å². The minimum atomic E-state index is -0.385. The van der Waals surface area contributed by atoms with Crippen LogP contribution in [-0.2, 0) is 6.42 Å². The molecule has 9 heteroatoms. The van der Waals surface area contributed by atoms with Gasteiger partial charge in [-0.25, -0.2) is 9.97 Å². The van der Waals surface area contributed by atoms with Gasteiger partial charge in [-0.3, -0.25) is 10.1 Å². The zero-order valence-corrected chi connectivity index (χ0v) is 20.3. The summed E-state index contributed by atoms with van der Waals surface area (Å²) in [5, 5.41) is 15.6. The van der Waals surface area contributed by atoms with Crippen molar-refractivity contribution < 1.29 is 4.79 Å². The number of carbonyl (C=O) groups excluding carboxylic acids is 1. The second-order valence-corrected chi connectivity index (χ2v) is 9.65. The maximum absolute atomic E-state index is 13.2. The third kappa shape index (κ3) is 4.10. The molecule has 3 aromatic heterocycles. The second kappa shape index (κ2) is 9.18. The minimum absolute atomic E-state index is 0.107. The number of nitrogens with two attached hydrogens (primary N) is 2. The molecule has 0 saturated heterocycles. The fourth-order valence-electron chi connectivity index (χ4n) is 3.87. The van der Waals surface area contributed by atoms with Crippen LogP contribution in [0.5, 0.6) is 0 Å². The van der Waals surface area contributed by atoms with Crippen LogP contribution < -0.4 is 16.8 Å². The summed E-state index contributed by atoms with van der Waals surface area (Å²) in [5.74, 6) is -0.279. The van der Waals surface area contributed by atoms with Gasteiger partial charge >= 0.3 is 0 Å². The van der Waals surface area contributed by atoms with Crippen LogP contribution in [0.1, 0.15) is 27.7 Å². The van der Waals surface area contributed by atoms with Crippen LogP contribution in [0.2, 0.25) is 0 Å². The summed E-state index contributed by atoms with van der Waals surface area (Å²) < 4.78 is 0. The third-order valence-corrected chi connectivity index (χ3v) is 7.52. The smallest absolute Gasteiger partial charge is 0.269 e. The Morgan fingerprint density at radius 1 is 1.06 bits per heavy atom. The van der Waals surface area contributed by atoms with Crippen molar-refractivity contribution in [1.29, 1.82) is 5.26 Å². The third-order valence-electron chi connectivity index (χ3n) is 5.67. The highest BCUT2D eigenvalue weighted by molar-refractivity contribution is 7.21. The van der Waals surface area contributed by atoms with Gasteiger partial charge in [0.15, 0.2) is 5.13 Å². The molecule has 172 valence electrons. The van der Waals surface area contributed by atoms with Crippen molar-refractivity contribution >= 4 is 55.4 Å². The van der Waals surface area contributed by atoms with Crippen LogP contribution in [0.4, 0.5) is 16.6 Å². The molecule has 5 aromatic rings. The first-order chi connectivity index (χ1) is 17.0. The highest BCUT2D eigenvalue weighted by Gasteiger charge is 2.24. The van der Waals surface area contributed by atoms with Gasteiger partial charge in [-0.05, 0) is 17.5 Å². The molecule has 5 N–H and O–H groups in total. The fourth-order valence-corrected chi connectivity index (χ4v) is 5.60. The van der Waals surface area contributed by atoms with Gasteiger partial charge in [-0.1, -0.05) is 61.5 Å². The predicted molar refractivity (Wildman–Crippen MR) is 143 cm³/mol. The molecule has 5 rings (SSSR count). The Morgan fingerprint density at radius 3 is 2.49 bits per heavy atom.